The number of halogens is 5. The molecule has 1 aromatic carbocycles. The number of benzene rings is 1. The first-order valence-electron chi connectivity index (χ1n) is 6.08. The maximum absolute atomic E-state index is 12.8. The summed E-state index contributed by atoms with van der Waals surface area (Å²) in [6.07, 6.45) is -4.57. The zero-order valence-corrected chi connectivity index (χ0v) is 14.2. The molecule has 2 aromatic rings. The first kappa shape index (κ1) is 17.8. The molecule has 0 saturated heterocycles. The number of rotatable bonds is 2. The van der Waals surface area contributed by atoms with Crippen LogP contribution in [0.1, 0.15) is 16.8 Å². The van der Waals surface area contributed by atoms with E-state index >= 15 is 0 Å². The van der Waals surface area contributed by atoms with Crippen molar-refractivity contribution in [2.75, 3.05) is 12.8 Å². The minimum absolute atomic E-state index is 0.0343. The number of ether oxygens (including phenoxy) is 1. The molecule has 4 nitrogen and oxygen atoms in total. The maximum Gasteiger partial charge on any atom is 0.416 e. The van der Waals surface area contributed by atoms with Gasteiger partial charge in [-0.2, -0.15) is 18.3 Å². The Bertz CT molecular complexity index is 766. The van der Waals surface area contributed by atoms with Gasteiger partial charge >= 0.3 is 6.18 Å². The van der Waals surface area contributed by atoms with E-state index in [0.29, 0.717) is 11.3 Å². The van der Waals surface area contributed by atoms with Crippen molar-refractivity contribution in [2.45, 2.75) is 13.1 Å². The number of nitrogens with two attached hydrogens (primary N) is 1. The summed E-state index contributed by atoms with van der Waals surface area (Å²) < 4.78 is 44.4. The number of aromatic nitrogens is 2. The van der Waals surface area contributed by atoms with E-state index in [1.54, 1.807) is 6.92 Å². The summed E-state index contributed by atoms with van der Waals surface area (Å²) in [6, 6.07) is 1.51. The van der Waals surface area contributed by atoms with Crippen molar-refractivity contribution in [3.05, 3.63) is 39.0 Å². The van der Waals surface area contributed by atoms with Gasteiger partial charge in [0.1, 0.15) is 11.5 Å². The lowest BCUT2D eigenvalue weighted by Crippen LogP contribution is -2.09. The lowest BCUT2D eigenvalue weighted by Gasteiger charge is -2.13. The average molecular weight is 384 g/mol. The molecule has 0 saturated carbocycles. The minimum atomic E-state index is -4.57. The van der Waals surface area contributed by atoms with E-state index in [9.17, 15) is 13.2 Å². The van der Waals surface area contributed by atoms with Crippen molar-refractivity contribution in [2.24, 2.45) is 0 Å². The van der Waals surface area contributed by atoms with Crippen LogP contribution in [0.5, 0.6) is 0 Å². The SMILES string of the molecule is COC(=S)c1c(C)nn(-c2c(Cl)cc(C(F)(F)F)cc2Cl)c1N. The third kappa shape index (κ3) is 3.24. The smallest absolute Gasteiger partial charge is 0.416 e. The van der Waals surface area contributed by atoms with Gasteiger partial charge < -0.3 is 10.5 Å². The van der Waals surface area contributed by atoms with Crippen LogP contribution in [0.4, 0.5) is 19.0 Å². The molecular formula is C13H10Cl2F3N3OS. The highest BCUT2D eigenvalue weighted by Crippen LogP contribution is 2.38. The van der Waals surface area contributed by atoms with Gasteiger partial charge in [0.15, 0.2) is 5.05 Å². The first-order chi connectivity index (χ1) is 10.6. The van der Waals surface area contributed by atoms with Crippen molar-refractivity contribution in [3.63, 3.8) is 0 Å². The van der Waals surface area contributed by atoms with E-state index in [1.165, 1.54) is 7.11 Å². The van der Waals surface area contributed by atoms with E-state index in [0.717, 1.165) is 16.8 Å². The van der Waals surface area contributed by atoms with Crippen molar-refractivity contribution in [1.29, 1.82) is 0 Å². The Morgan fingerprint density at radius 3 is 2.26 bits per heavy atom. The number of thiocarbonyl (C=S) groups is 1. The van der Waals surface area contributed by atoms with E-state index in [-0.39, 0.29) is 26.6 Å². The molecule has 10 heteroatoms. The highest BCUT2D eigenvalue weighted by Gasteiger charge is 2.32. The van der Waals surface area contributed by atoms with Crippen molar-refractivity contribution < 1.29 is 17.9 Å². The van der Waals surface area contributed by atoms with Gasteiger partial charge in [0.05, 0.1) is 34.0 Å². The fourth-order valence-electron chi connectivity index (χ4n) is 2.00. The molecule has 2 N–H and O–H groups in total. The fourth-order valence-corrected chi connectivity index (χ4v) is 2.90. The van der Waals surface area contributed by atoms with Crippen LogP contribution in [0.25, 0.3) is 5.69 Å². The third-order valence-electron chi connectivity index (χ3n) is 3.04. The monoisotopic (exact) mass is 383 g/mol. The second-order valence-electron chi connectivity index (χ2n) is 4.54. The summed E-state index contributed by atoms with van der Waals surface area (Å²) in [6.45, 7) is 1.62. The van der Waals surface area contributed by atoms with E-state index in [4.69, 9.17) is 45.9 Å². The molecule has 0 fully saturated rings. The first-order valence-corrected chi connectivity index (χ1v) is 7.24. The minimum Gasteiger partial charge on any atom is -0.486 e. The van der Waals surface area contributed by atoms with Crippen molar-refractivity contribution in [3.8, 4) is 5.69 Å². The molecule has 124 valence electrons. The molecule has 0 amide bonds. The summed E-state index contributed by atoms with van der Waals surface area (Å²) in [5.41, 5.74) is 5.82. The van der Waals surface area contributed by atoms with Crippen molar-refractivity contribution in [1.82, 2.24) is 9.78 Å². The highest BCUT2D eigenvalue weighted by atomic mass is 35.5. The summed E-state index contributed by atoms with van der Waals surface area (Å²) in [4.78, 5) is 0. The molecule has 0 spiro atoms. The van der Waals surface area contributed by atoms with E-state index in [1.807, 2.05) is 0 Å². The number of methoxy groups -OCH3 is 1. The molecule has 0 radical (unpaired) electrons. The molecule has 23 heavy (non-hydrogen) atoms. The number of hydrogen-bond donors (Lipinski definition) is 1. The number of alkyl halides is 3. The van der Waals surface area contributed by atoms with Crippen LogP contribution in [-0.2, 0) is 10.9 Å². The Morgan fingerprint density at radius 1 is 1.30 bits per heavy atom. The quantitative estimate of drug-likeness (QED) is 0.780. The summed E-state index contributed by atoms with van der Waals surface area (Å²) in [5.74, 6) is 0.0675. The predicted octanol–water partition coefficient (Wildman–Crippen LogP) is 4.41. The van der Waals surface area contributed by atoms with E-state index < -0.39 is 11.7 Å². The van der Waals surface area contributed by atoms with Gasteiger partial charge in [-0.3, -0.25) is 0 Å². The number of anilines is 1. The molecule has 0 unspecified atom stereocenters. The summed E-state index contributed by atoms with van der Waals surface area (Å²) in [7, 11) is 1.37. The Kier molecular flexibility index (Phi) is 4.79. The van der Waals surface area contributed by atoms with Crippen LogP contribution in [-0.4, -0.2) is 21.9 Å². The Labute approximate surface area is 144 Å². The number of aryl methyl sites for hydroxylation is 1. The van der Waals surface area contributed by atoms with Gasteiger partial charge in [-0.1, -0.05) is 23.2 Å². The highest BCUT2D eigenvalue weighted by molar-refractivity contribution is 7.80. The van der Waals surface area contributed by atoms with Gasteiger partial charge in [-0.05, 0) is 31.3 Å². The standard InChI is InChI=1S/C13H10Cl2F3N3OS/c1-5-9(12(23)22-2)11(19)21(20-5)10-7(14)3-6(4-8(10)15)13(16,17)18/h3-4H,19H2,1-2H3. The third-order valence-corrected chi connectivity index (χ3v) is 3.99. The number of hydrogen-bond acceptors (Lipinski definition) is 4. The van der Waals surface area contributed by atoms with Gasteiger partial charge in [0.2, 0.25) is 0 Å². The molecule has 0 aliphatic heterocycles. The summed E-state index contributed by atoms with van der Waals surface area (Å²) >= 11 is 16.9. The molecule has 0 aliphatic carbocycles. The second kappa shape index (κ2) is 6.18. The van der Waals surface area contributed by atoms with Gasteiger partial charge in [0.25, 0.3) is 0 Å². The number of nitrogen functional groups attached to an aromatic ring is 1. The lowest BCUT2D eigenvalue weighted by molar-refractivity contribution is -0.137. The maximum atomic E-state index is 12.8. The van der Waals surface area contributed by atoms with Crippen LogP contribution in [0.15, 0.2) is 12.1 Å². The van der Waals surface area contributed by atoms with Gasteiger partial charge in [-0.25, -0.2) is 4.68 Å². The lowest BCUT2D eigenvalue weighted by atomic mass is 10.2. The molecule has 1 aromatic heterocycles. The topological polar surface area (TPSA) is 53.1 Å². The molecule has 0 atom stereocenters. The molecule has 2 rings (SSSR count). The molecule has 0 aliphatic rings. The number of nitrogens with zero attached hydrogens (tertiary/aromatic N) is 2. The molecule has 1 heterocycles. The van der Waals surface area contributed by atoms with Crippen LogP contribution < -0.4 is 5.73 Å². The zero-order valence-electron chi connectivity index (χ0n) is 11.8. The largest absolute Gasteiger partial charge is 0.486 e. The van der Waals surface area contributed by atoms with Crippen molar-refractivity contribution >= 4 is 46.3 Å². The van der Waals surface area contributed by atoms with Crippen LogP contribution >= 0.6 is 35.4 Å². The molecular weight excluding hydrogens is 374 g/mol. The Balaban J connectivity index is 2.67. The second-order valence-corrected chi connectivity index (χ2v) is 5.72. The van der Waals surface area contributed by atoms with Gasteiger partial charge in [-0.15, -0.1) is 0 Å². The van der Waals surface area contributed by atoms with Crippen LogP contribution in [0, 0.1) is 6.92 Å². The Hall–Kier alpha value is -1.51. The fraction of sp³-hybridized carbons (Fsp3) is 0.231. The normalized spacial score (nSPS) is 11.6. The molecule has 0 bridgehead atoms. The Morgan fingerprint density at radius 2 is 1.83 bits per heavy atom. The van der Waals surface area contributed by atoms with Crippen LogP contribution in [0.2, 0.25) is 10.0 Å². The predicted molar refractivity (Wildman–Crippen MR) is 86.4 cm³/mol. The van der Waals surface area contributed by atoms with Crippen LogP contribution in [0.3, 0.4) is 0 Å². The van der Waals surface area contributed by atoms with E-state index in [2.05, 4.69) is 5.10 Å². The van der Waals surface area contributed by atoms with Gasteiger partial charge in [0, 0.05) is 0 Å². The average Bonchev–Trinajstić information content (AvgIpc) is 2.71. The summed E-state index contributed by atoms with van der Waals surface area (Å²) in [5, 5.41) is 3.76. The zero-order chi connectivity index (χ0) is 17.5.